The van der Waals surface area contributed by atoms with Crippen molar-refractivity contribution in [1.29, 1.82) is 0 Å². The average Bonchev–Trinajstić information content (AvgIpc) is 3.14. The topological polar surface area (TPSA) is 30.5 Å². The first-order valence-electron chi connectivity index (χ1n) is 6.74. The second kappa shape index (κ2) is 6.21. The highest BCUT2D eigenvalue weighted by atomic mass is 16.5. The van der Waals surface area contributed by atoms with Gasteiger partial charge in [0, 0.05) is 0 Å². The van der Waals surface area contributed by atoms with E-state index in [1.54, 1.807) is 0 Å². The van der Waals surface area contributed by atoms with E-state index in [0.29, 0.717) is 12.7 Å². The van der Waals surface area contributed by atoms with Gasteiger partial charge >= 0.3 is 0 Å². The van der Waals surface area contributed by atoms with Crippen molar-refractivity contribution in [3.63, 3.8) is 0 Å². The van der Waals surface area contributed by atoms with Crippen molar-refractivity contribution >= 4 is 0 Å². The molecular formula is C15H23NO2. The Balaban J connectivity index is 1.99. The highest BCUT2D eigenvalue weighted by molar-refractivity contribution is 5.31. The third-order valence-electron chi connectivity index (χ3n) is 3.03. The summed E-state index contributed by atoms with van der Waals surface area (Å²) in [5, 5.41) is 3.29. The molecule has 1 N–H and O–H groups in total. The molecule has 1 fully saturated rings. The van der Waals surface area contributed by atoms with Crippen LogP contribution in [0.4, 0.5) is 0 Å². The molecule has 1 aliphatic carbocycles. The summed E-state index contributed by atoms with van der Waals surface area (Å²) in [7, 11) is 1.96. The Labute approximate surface area is 109 Å². The Morgan fingerprint density at radius 1 is 1.33 bits per heavy atom. The van der Waals surface area contributed by atoms with Crippen LogP contribution in [-0.2, 0) is 4.74 Å². The number of rotatable bonds is 7. The Bertz CT molecular complexity index is 375. The van der Waals surface area contributed by atoms with Crippen LogP contribution in [0, 0.1) is 0 Å². The van der Waals surface area contributed by atoms with Crippen LogP contribution < -0.4 is 10.1 Å². The largest absolute Gasteiger partial charge is 0.490 e. The number of hydrogen-bond donors (Lipinski definition) is 1. The van der Waals surface area contributed by atoms with Gasteiger partial charge in [-0.05, 0) is 51.4 Å². The van der Waals surface area contributed by atoms with Crippen molar-refractivity contribution in [2.24, 2.45) is 0 Å². The molecule has 100 valence electrons. The number of likely N-dealkylation sites (N-methyl/N-ethyl adjacent to an activating group) is 1. The molecule has 1 saturated carbocycles. The van der Waals surface area contributed by atoms with Gasteiger partial charge in [-0.3, -0.25) is 0 Å². The fourth-order valence-corrected chi connectivity index (χ4v) is 1.82. The Morgan fingerprint density at radius 3 is 2.72 bits per heavy atom. The minimum Gasteiger partial charge on any atom is -0.490 e. The molecule has 0 bridgehead atoms. The smallest absolute Gasteiger partial charge is 0.120 e. The van der Waals surface area contributed by atoms with Crippen LogP contribution in [0.1, 0.15) is 38.3 Å². The van der Waals surface area contributed by atoms with Crippen LogP contribution in [0.15, 0.2) is 24.3 Å². The molecular weight excluding hydrogens is 226 g/mol. The molecule has 0 radical (unpaired) electrons. The van der Waals surface area contributed by atoms with Gasteiger partial charge in [-0.15, -0.1) is 0 Å². The molecule has 0 aromatic heterocycles. The quantitative estimate of drug-likeness (QED) is 0.806. The van der Waals surface area contributed by atoms with Gasteiger partial charge in [-0.25, -0.2) is 0 Å². The highest BCUT2D eigenvalue weighted by Crippen LogP contribution is 2.28. The lowest BCUT2D eigenvalue weighted by molar-refractivity contribution is 0.0626. The van der Waals surface area contributed by atoms with Crippen molar-refractivity contribution < 1.29 is 9.47 Å². The first-order valence-corrected chi connectivity index (χ1v) is 6.74. The molecule has 1 atom stereocenters. The maximum Gasteiger partial charge on any atom is 0.120 e. The highest BCUT2D eigenvalue weighted by Gasteiger charge is 2.23. The zero-order chi connectivity index (χ0) is 13.0. The van der Waals surface area contributed by atoms with E-state index in [1.807, 2.05) is 19.2 Å². The first kappa shape index (κ1) is 13.4. The number of nitrogens with one attached hydrogen (secondary N) is 1. The zero-order valence-corrected chi connectivity index (χ0v) is 11.5. The van der Waals surface area contributed by atoms with Gasteiger partial charge in [-0.2, -0.15) is 0 Å². The van der Waals surface area contributed by atoms with Gasteiger partial charge < -0.3 is 14.8 Å². The summed E-state index contributed by atoms with van der Waals surface area (Å²) in [6, 6.07) is 8.52. The zero-order valence-electron chi connectivity index (χ0n) is 11.5. The van der Waals surface area contributed by atoms with Crippen molar-refractivity contribution in [2.75, 3.05) is 13.7 Å². The molecule has 1 aromatic carbocycles. The van der Waals surface area contributed by atoms with Gasteiger partial charge in [0.25, 0.3) is 0 Å². The third-order valence-corrected chi connectivity index (χ3v) is 3.03. The lowest BCUT2D eigenvalue weighted by Gasteiger charge is -2.19. The first-order chi connectivity index (χ1) is 8.69. The third kappa shape index (κ3) is 4.00. The van der Waals surface area contributed by atoms with E-state index in [0.717, 1.165) is 5.75 Å². The average molecular weight is 249 g/mol. The molecule has 18 heavy (non-hydrogen) atoms. The second-order valence-electron chi connectivity index (χ2n) is 5.11. The van der Waals surface area contributed by atoms with E-state index in [9.17, 15) is 0 Å². The SMILES string of the molecule is CNC(COC(C)C)c1cccc(OC2CC2)c1. The Kier molecular flexibility index (Phi) is 4.61. The Hall–Kier alpha value is -1.06. The molecule has 0 heterocycles. The fourth-order valence-electron chi connectivity index (χ4n) is 1.82. The summed E-state index contributed by atoms with van der Waals surface area (Å²) in [5.41, 5.74) is 1.22. The normalized spacial score (nSPS) is 16.9. The summed E-state index contributed by atoms with van der Waals surface area (Å²) in [6.45, 7) is 4.79. The molecule has 0 aliphatic heterocycles. The molecule has 1 aliphatic rings. The van der Waals surface area contributed by atoms with Gasteiger partial charge in [0.05, 0.1) is 24.9 Å². The van der Waals surface area contributed by atoms with Gasteiger partial charge in [-0.1, -0.05) is 12.1 Å². The Morgan fingerprint density at radius 2 is 2.11 bits per heavy atom. The fraction of sp³-hybridized carbons (Fsp3) is 0.600. The molecule has 0 amide bonds. The van der Waals surface area contributed by atoms with E-state index < -0.39 is 0 Å². The molecule has 2 rings (SSSR count). The summed E-state index contributed by atoms with van der Waals surface area (Å²) in [4.78, 5) is 0. The summed E-state index contributed by atoms with van der Waals surface area (Å²) in [5.74, 6) is 0.972. The van der Waals surface area contributed by atoms with E-state index in [2.05, 4.69) is 31.3 Å². The lowest BCUT2D eigenvalue weighted by Crippen LogP contribution is -2.23. The number of ether oxygens (including phenoxy) is 2. The minimum atomic E-state index is 0.218. The predicted molar refractivity (Wildman–Crippen MR) is 73.0 cm³/mol. The van der Waals surface area contributed by atoms with Crippen molar-refractivity contribution in [3.8, 4) is 5.75 Å². The van der Waals surface area contributed by atoms with Crippen molar-refractivity contribution in [2.45, 2.75) is 44.9 Å². The summed E-state index contributed by atoms with van der Waals surface area (Å²) < 4.78 is 11.5. The molecule has 0 spiro atoms. The molecule has 1 unspecified atom stereocenters. The van der Waals surface area contributed by atoms with Crippen LogP contribution in [0.3, 0.4) is 0 Å². The second-order valence-corrected chi connectivity index (χ2v) is 5.11. The molecule has 3 nitrogen and oxygen atoms in total. The molecule has 3 heteroatoms. The van der Waals surface area contributed by atoms with E-state index in [-0.39, 0.29) is 12.1 Å². The molecule has 0 saturated heterocycles. The van der Waals surface area contributed by atoms with Gasteiger partial charge in [0.15, 0.2) is 0 Å². The lowest BCUT2D eigenvalue weighted by atomic mass is 10.1. The van der Waals surface area contributed by atoms with E-state index in [4.69, 9.17) is 9.47 Å². The van der Waals surface area contributed by atoms with Crippen LogP contribution in [-0.4, -0.2) is 25.9 Å². The summed E-state index contributed by atoms with van der Waals surface area (Å²) in [6.07, 6.45) is 3.08. The summed E-state index contributed by atoms with van der Waals surface area (Å²) >= 11 is 0. The van der Waals surface area contributed by atoms with Crippen LogP contribution in [0.2, 0.25) is 0 Å². The minimum absolute atomic E-state index is 0.218. The van der Waals surface area contributed by atoms with Gasteiger partial charge in [0.2, 0.25) is 0 Å². The van der Waals surface area contributed by atoms with Crippen molar-refractivity contribution in [1.82, 2.24) is 5.32 Å². The van der Waals surface area contributed by atoms with Crippen LogP contribution in [0.25, 0.3) is 0 Å². The maximum atomic E-state index is 5.82. The van der Waals surface area contributed by atoms with Crippen LogP contribution in [0.5, 0.6) is 5.75 Å². The predicted octanol–water partition coefficient (Wildman–Crippen LogP) is 2.91. The van der Waals surface area contributed by atoms with Gasteiger partial charge in [0.1, 0.15) is 5.75 Å². The monoisotopic (exact) mass is 249 g/mol. The van der Waals surface area contributed by atoms with E-state index in [1.165, 1.54) is 18.4 Å². The van der Waals surface area contributed by atoms with Crippen LogP contribution >= 0.6 is 0 Å². The number of benzene rings is 1. The van der Waals surface area contributed by atoms with Crippen molar-refractivity contribution in [3.05, 3.63) is 29.8 Å². The molecule has 1 aromatic rings. The number of hydrogen-bond acceptors (Lipinski definition) is 3. The maximum absolute atomic E-state index is 5.82. The standard InChI is InChI=1S/C15H23NO2/c1-11(2)17-10-15(16-3)12-5-4-6-14(9-12)18-13-7-8-13/h4-6,9,11,13,15-16H,7-8,10H2,1-3H3. The van der Waals surface area contributed by atoms with E-state index >= 15 is 0 Å².